The van der Waals surface area contributed by atoms with Crippen LogP contribution in [-0.4, -0.2) is 75.5 Å². The normalized spacial score (nSPS) is 9.75. The zero-order valence-corrected chi connectivity index (χ0v) is 45.3. The van der Waals surface area contributed by atoms with Crippen LogP contribution in [0.1, 0.15) is 61.0 Å². The molecule has 0 spiro atoms. The standard InChI is InChI=1S/2C12H14N2O4.C10H10N2O4.C2H5I.CH3F.CH2O3.2K.H/c1-4-7-6-8(15)18-11-9(7)10(17-5-2)13-12(14-11)16-3;1-4-7-6-8(15)18-10-9(7)11(16)14(5-2)12(13-10)17-3;1-3-5-4-6(13)16-9-7(5)8(14)11-10(12-9)15-2;1-2-3;1-2;2-1-4-3;;;/h2*6H,4-5H2,1-3H3;4H,3H2,1-2H3,(H,11,12,14);2H2,1H3;1H3;1,3H;;;/q;;;;;;2*+1;-1/p-1/i;;;;1D;;;;. The smallest absolute Gasteiger partial charge is 1.00 e. The van der Waals surface area contributed by atoms with Gasteiger partial charge in [-0.15, -0.1) is 0 Å². The van der Waals surface area contributed by atoms with Gasteiger partial charge < -0.3 is 43.8 Å². The third kappa shape index (κ3) is 18.1. The Balaban J connectivity index is -0.000000787. The number of H-pyrrole nitrogens is 1. The molecule has 6 heterocycles. The van der Waals surface area contributed by atoms with Gasteiger partial charge in [-0.25, -0.2) is 14.4 Å². The van der Waals surface area contributed by atoms with Gasteiger partial charge in [0.05, 0.1) is 36.5 Å². The molecule has 6 aromatic heterocycles. The molecule has 0 atom stereocenters. The van der Waals surface area contributed by atoms with Crippen molar-refractivity contribution in [2.45, 2.75) is 67.3 Å². The zero-order valence-electron chi connectivity index (χ0n) is 38.9. The molecule has 0 radical (unpaired) electrons. The molecule has 63 heavy (non-hydrogen) atoms. The number of aromatic nitrogens is 6. The van der Waals surface area contributed by atoms with Crippen LogP contribution in [0.4, 0.5) is 4.39 Å². The SMILES string of the molecule is CCI.CCOc1nc(OC)nc2oc(=O)cc(CC)c12.CCc1cc(=O)oc2nc(OC)[nH]c(=O)c12.CCc1cc(=O)oc2nc(OC)n(CC)c(=O)c12.O=CO[O-].[2H]CF.[H-].[K+].[K+]. The number of carbonyl (C=O) groups is 1. The van der Waals surface area contributed by atoms with Gasteiger partial charge in [-0.05, 0) is 54.2 Å². The van der Waals surface area contributed by atoms with Crippen LogP contribution in [-0.2, 0) is 35.5 Å². The average Bonchev–Trinajstić information content (AvgIpc) is 3.25. The predicted octanol–water partition coefficient (Wildman–Crippen LogP) is -2.48. The van der Waals surface area contributed by atoms with Gasteiger partial charge in [0.25, 0.3) is 23.6 Å². The Labute approximate surface area is 460 Å². The minimum absolute atomic E-state index is 0. The fourth-order valence-electron chi connectivity index (χ4n) is 5.12. The molecule has 0 saturated carbocycles. The number of alkyl halides is 2. The minimum atomic E-state index is -1.00. The molecular formula is C38H48FIK2N6O15. The number of halogens is 2. The van der Waals surface area contributed by atoms with E-state index in [0.29, 0.717) is 65.6 Å². The van der Waals surface area contributed by atoms with Crippen LogP contribution in [0.5, 0.6) is 23.9 Å². The van der Waals surface area contributed by atoms with Crippen LogP contribution in [0.25, 0.3) is 33.3 Å². The summed E-state index contributed by atoms with van der Waals surface area (Å²) in [7, 11) is 3.23. The number of rotatable bonds is 10. The van der Waals surface area contributed by atoms with Crippen molar-refractivity contribution in [1.29, 1.82) is 0 Å². The van der Waals surface area contributed by atoms with E-state index >= 15 is 0 Å². The largest absolute Gasteiger partial charge is 1.00 e. The van der Waals surface area contributed by atoms with Crippen molar-refractivity contribution < 1.29 is 157 Å². The first-order chi connectivity index (χ1) is 29.7. The summed E-state index contributed by atoms with van der Waals surface area (Å²) in [6.07, 6.45) is 1.78. The summed E-state index contributed by atoms with van der Waals surface area (Å²) in [5.74, 6) is 0.375. The molecule has 0 unspecified atom stereocenters. The number of fused-ring (bicyclic) bond motifs is 3. The number of aryl methyl sites for hydroxylation is 3. The van der Waals surface area contributed by atoms with Crippen LogP contribution in [0, 0.1) is 0 Å². The Kier molecular flexibility index (Phi) is 31.9. The van der Waals surface area contributed by atoms with Crippen molar-refractivity contribution in [3.05, 3.63) is 86.9 Å². The average molecular weight is 1050 g/mol. The topological polar surface area (TPSA) is 283 Å². The van der Waals surface area contributed by atoms with Gasteiger partial charge in [-0.3, -0.25) is 28.3 Å². The Hall–Kier alpha value is -2.97. The summed E-state index contributed by atoms with van der Waals surface area (Å²) < 4.78 is 53.2. The van der Waals surface area contributed by atoms with Gasteiger partial charge in [0, 0.05) is 24.7 Å². The van der Waals surface area contributed by atoms with Crippen molar-refractivity contribution in [2.24, 2.45) is 0 Å². The number of hydrogen-bond donors (Lipinski definition) is 1. The number of carbonyl (C=O) groups excluding carboxylic acids is 1. The van der Waals surface area contributed by atoms with Gasteiger partial charge in [-0.2, -0.15) is 19.9 Å². The van der Waals surface area contributed by atoms with Gasteiger partial charge in [0.15, 0.2) is 0 Å². The molecule has 6 rings (SSSR count). The van der Waals surface area contributed by atoms with Crippen molar-refractivity contribution in [3.63, 3.8) is 0 Å². The van der Waals surface area contributed by atoms with Gasteiger partial charge in [-0.1, -0.05) is 50.3 Å². The maximum atomic E-state index is 12.3. The fraction of sp³-hybridized carbons (Fsp3) is 0.421. The maximum absolute atomic E-state index is 12.3. The first-order valence-electron chi connectivity index (χ1n) is 18.8. The van der Waals surface area contributed by atoms with E-state index in [2.05, 4.69) is 59.3 Å². The number of methoxy groups -OCH3 is 3. The van der Waals surface area contributed by atoms with Gasteiger partial charge >= 0.3 is 132 Å². The van der Waals surface area contributed by atoms with Crippen LogP contribution in [0.15, 0.2) is 55.4 Å². The van der Waals surface area contributed by atoms with E-state index in [9.17, 15) is 28.4 Å². The van der Waals surface area contributed by atoms with Crippen LogP contribution in [0.2, 0.25) is 0 Å². The minimum Gasteiger partial charge on any atom is -1.00 e. The molecule has 21 nitrogen and oxygen atoms in total. The van der Waals surface area contributed by atoms with Crippen LogP contribution in [0.3, 0.4) is 0 Å². The first kappa shape index (κ1) is 60.0. The number of nitrogens with one attached hydrogen (secondary N) is 1. The van der Waals surface area contributed by atoms with Crippen LogP contribution < -0.4 is 155 Å². The number of ether oxygens (including phenoxy) is 4. The van der Waals surface area contributed by atoms with E-state index < -0.39 is 24.0 Å². The Morgan fingerprint density at radius 1 is 0.778 bits per heavy atom. The maximum Gasteiger partial charge on any atom is 1.00 e. The fourth-order valence-corrected chi connectivity index (χ4v) is 5.12. The molecule has 0 amide bonds. The Bertz CT molecular complexity index is 2670. The first-order valence-corrected chi connectivity index (χ1v) is 19.6. The van der Waals surface area contributed by atoms with Gasteiger partial charge in [0.1, 0.15) is 16.2 Å². The molecule has 25 heteroatoms. The summed E-state index contributed by atoms with van der Waals surface area (Å²) >= 11 is 2.29. The molecule has 0 bridgehead atoms. The Morgan fingerprint density at radius 3 is 1.62 bits per heavy atom. The molecule has 0 aromatic carbocycles. The molecular weight excluding hydrogens is 1000 g/mol. The van der Waals surface area contributed by atoms with Crippen molar-refractivity contribution in [1.82, 2.24) is 29.5 Å². The summed E-state index contributed by atoms with van der Waals surface area (Å²) in [5.41, 5.74) is 0.182. The van der Waals surface area contributed by atoms with Crippen molar-refractivity contribution in [3.8, 4) is 23.9 Å². The molecule has 0 aliphatic rings. The predicted molar refractivity (Wildman–Crippen MR) is 228 cm³/mol. The second-order valence-corrected chi connectivity index (χ2v) is 12.5. The second kappa shape index (κ2) is 33.5. The molecule has 0 fully saturated rings. The molecule has 0 aliphatic heterocycles. The second-order valence-electron chi connectivity index (χ2n) is 11.0. The number of aromatic amines is 1. The monoisotopic (exact) mass is 1050 g/mol. The molecule has 1 N–H and O–H groups in total. The summed E-state index contributed by atoms with van der Waals surface area (Å²) in [5, 5.41) is 9.70. The Morgan fingerprint density at radius 2 is 1.22 bits per heavy atom. The van der Waals surface area contributed by atoms with Crippen molar-refractivity contribution >= 4 is 62.4 Å². The van der Waals surface area contributed by atoms with E-state index in [1.54, 1.807) is 0 Å². The molecule has 0 saturated heterocycles. The van der Waals surface area contributed by atoms with E-state index in [1.807, 2.05) is 34.6 Å². The summed E-state index contributed by atoms with van der Waals surface area (Å²) in [6.45, 7) is 12.2. The van der Waals surface area contributed by atoms with Crippen molar-refractivity contribution in [2.75, 3.05) is 39.5 Å². The van der Waals surface area contributed by atoms with E-state index in [1.165, 1.54) is 48.5 Å². The van der Waals surface area contributed by atoms with Crippen LogP contribution >= 0.6 is 22.6 Å². The summed E-state index contributed by atoms with van der Waals surface area (Å²) in [6, 6.07) is 4.34. The van der Waals surface area contributed by atoms with E-state index in [-0.39, 0.29) is 157 Å². The quantitative estimate of drug-likeness (QED) is 0.0371. The third-order valence-corrected chi connectivity index (χ3v) is 7.56. The zero-order chi connectivity index (χ0) is 46.9. The summed E-state index contributed by atoms with van der Waals surface area (Å²) in [4.78, 5) is 87.8. The third-order valence-electron chi connectivity index (χ3n) is 7.56. The molecule has 336 valence electrons. The van der Waals surface area contributed by atoms with E-state index in [4.69, 9.17) is 43.6 Å². The number of nitrogens with zero attached hydrogens (tertiary/aromatic N) is 5. The molecule has 0 aliphatic carbocycles. The number of hydrogen-bond acceptors (Lipinski definition) is 19. The van der Waals surface area contributed by atoms with Gasteiger partial charge in [0.2, 0.25) is 23.0 Å². The molecule has 6 aromatic rings. The van der Waals surface area contributed by atoms with E-state index in [0.717, 1.165) is 5.56 Å².